The molecule has 0 spiro atoms. The van der Waals surface area contributed by atoms with E-state index in [0.717, 1.165) is 23.4 Å². The monoisotopic (exact) mass is 236 g/mol. The average molecular weight is 236 g/mol. The van der Waals surface area contributed by atoms with Gasteiger partial charge in [-0.1, -0.05) is 6.92 Å². The Labute approximate surface area is 102 Å². The standard InChI is InChI=1S/C13H20N2O2/c1-5-15(4)8-12(17)14-13-9(2)6-11(16)7-10(13)3/h6-7,16H,5,8H2,1-4H3,(H,14,17). The smallest absolute Gasteiger partial charge is 0.238 e. The van der Waals surface area contributed by atoms with Crippen molar-refractivity contribution >= 4 is 11.6 Å². The highest BCUT2D eigenvalue weighted by atomic mass is 16.3. The number of aromatic hydroxyl groups is 1. The van der Waals surface area contributed by atoms with E-state index in [9.17, 15) is 9.90 Å². The molecule has 0 saturated carbocycles. The molecule has 1 aromatic carbocycles. The lowest BCUT2D eigenvalue weighted by atomic mass is 10.1. The summed E-state index contributed by atoms with van der Waals surface area (Å²) in [5.74, 6) is 0.190. The molecule has 0 aromatic heterocycles. The Hall–Kier alpha value is -1.55. The molecule has 17 heavy (non-hydrogen) atoms. The van der Waals surface area contributed by atoms with Gasteiger partial charge in [-0.15, -0.1) is 0 Å². The first-order valence-electron chi connectivity index (χ1n) is 5.72. The molecule has 1 amide bonds. The lowest BCUT2D eigenvalue weighted by Gasteiger charge is -2.16. The zero-order valence-electron chi connectivity index (χ0n) is 10.9. The molecule has 1 rings (SSSR count). The zero-order valence-corrected chi connectivity index (χ0v) is 10.9. The Balaban J connectivity index is 2.78. The van der Waals surface area contributed by atoms with Gasteiger partial charge < -0.3 is 10.4 Å². The van der Waals surface area contributed by atoms with Gasteiger partial charge in [0.15, 0.2) is 0 Å². The van der Waals surface area contributed by atoms with Crippen LogP contribution in [0.4, 0.5) is 5.69 Å². The van der Waals surface area contributed by atoms with Crippen LogP contribution in [0.15, 0.2) is 12.1 Å². The topological polar surface area (TPSA) is 52.6 Å². The van der Waals surface area contributed by atoms with Gasteiger partial charge in [0.1, 0.15) is 5.75 Å². The van der Waals surface area contributed by atoms with Gasteiger partial charge in [-0.05, 0) is 50.7 Å². The molecule has 4 heteroatoms. The number of phenolic OH excluding ortho intramolecular Hbond substituents is 1. The summed E-state index contributed by atoms with van der Waals surface area (Å²) in [6, 6.07) is 3.29. The second-order valence-electron chi connectivity index (χ2n) is 4.33. The molecule has 0 aliphatic rings. The van der Waals surface area contributed by atoms with Crippen molar-refractivity contribution in [1.29, 1.82) is 0 Å². The van der Waals surface area contributed by atoms with Crippen LogP contribution >= 0.6 is 0 Å². The van der Waals surface area contributed by atoms with Crippen LogP contribution in [0.5, 0.6) is 5.75 Å². The van der Waals surface area contributed by atoms with Gasteiger partial charge in [-0.3, -0.25) is 9.69 Å². The minimum absolute atomic E-state index is 0.0359. The molecule has 1 aromatic rings. The molecule has 0 radical (unpaired) electrons. The Morgan fingerprint density at radius 3 is 2.35 bits per heavy atom. The van der Waals surface area contributed by atoms with Crippen LogP contribution in [0.3, 0.4) is 0 Å². The third kappa shape index (κ3) is 3.75. The van der Waals surface area contributed by atoms with Gasteiger partial charge in [0.25, 0.3) is 0 Å². The van der Waals surface area contributed by atoms with Crippen LogP contribution < -0.4 is 5.32 Å². The van der Waals surface area contributed by atoms with Gasteiger partial charge in [0, 0.05) is 5.69 Å². The number of anilines is 1. The molecule has 0 atom stereocenters. The van der Waals surface area contributed by atoms with E-state index in [2.05, 4.69) is 5.32 Å². The van der Waals surface area contributed by atoms with E-state index in [1.807, 2.05) is 32.7 Å². The van der Waals surface area contributed by atoms with Crippen molar-refractivity contribution in [3.8, 4) is 5.75 Å². The summed E-state index contributed by atoms with van der Waals surface area (Å²) in [4.78, 5) is 13.7. The normalized spacial score (nSPS) is 10.6. The molecule has 0 aliphatic heterocycles. The molecular formula is C13H20N2O2. The van der Waals surface area contributed by atoms with Crippen molar-refractivity contribution in [1.82, 2.24) is 4.90 Å². The second-order valence-corrected chi connectivity index (χ2v) is 4.33. The van der Waals surface area contributed by atoms with Crippen molar-refractivity contribution in [2.75, 3.05) is 25.5 Å². The maximum absolute atomic E-state index is 11.8. The predicted molar refractivity (Wildman–Crippen MR) is 69.4 cm³/mol. The van der Waals surface area contributed by atoms with Crippen LogP contribution in [-0.4, -0.2) is 36.1 Å². The number of nitrogens with zero attached hydrogens (tertiary/aromatic N) is 1. The SMILES string of the molecule is CCN(C)CC(=O)Nc1c(C)cc(O)cc1C. The fourth-order valence-electron chi connectivity index (χ4n) is 1.67. The van der Waals surface area contributed by atoms with Crippen molar-refractivity contribution in [3.63, 3.8) is 0 Å². The number of hydrogen-bond donors (Lipinski definition) is 2. The molecule has 0 unspecified atom stereocenters. The molecule has 0 aliphatic carbocycles. The first kappa shape index (κ1) is 13.5. The van der Waals surface area contributed by atoms with E-state index in [1.165, 1.54) is 0 Å². The van der Waals surface area contributed by atoms with Gasteiger partial charge in [-0.2, -0.15) is 0 Å². The van der Waals surface area contributed by atoms with Gasteiger partial charge in [-0.25, -0.2) is 0 Å². The summed E-state index contributed by atoms with van der Waals surface area (Å²) in [5, 5.41) is 12.3. The van der Waals surface area contributed by atoms with E-state index >= 15 is 0 Å². The fourth-order valence-corrected chi connectivity index (χ4v) is 1.67. The minimum atomic E-state index is -0.0359. The number of carbonyl (C=O) groups is 1. The van der Waals surface area contributed by atoms with Crippen LogP contribution in [-0.2, 0) is 4.79 Å². The first-order chi connectivity index (χ1) is 7.93. The molecule has 0 bridgehead atoms. The maximum atomic E-state index is 11.8. The Kier molecular flexibility index (Phi) is 4.52. The zero-order chi connectivity index (χ0) is 13.0. The molecular weight excluding hydrogens is 216 g/mol. The van der Waals surface area contributed by atoms with Crippen LogP contribution in [0.2, 0.25) is 0 Å². The van der Waals surface area contributed by atoms with Gasteiger partial charge in [0.2, 0.25) is 5.91 Å². The highest BCUT2D eigenvalue weighted by Crippen LogP contribution is 2.25. The van der Waals surface area contributed by atoms with Gasteiger partial charge >= 0.3 is 0 Å². The minimum Gasteiger partial charge on any atom is -0.508 e. The number of rotatable bonds is 4. The van der Waals surface area contributed by atoms with E-state index in [1.54, 1.807) is 12.1 Å². The fraction of sp³-hybridized carbons (Fsp3) is 0.462. The highest BCUT2D eigenvalue weighted by molar-refractivity contribution is 5.93. The quantitative estimate of drug-likeness (QED) is 0.785. The Bertz CT molecular complexity index is 393. The Morgan fingerprint density at radius 1 is 1.35 bits per heavy atom. The number of nitrogens with one attached hydrogen (secondary N) is 1. The largest absolute Gasteiger partial charge is 0.508 e. The van der Waals surface area contributed by atoms with Crippen molar-refractivity contribution in [2.45, 2.75) is 20.8 Å². The molecule has 0 saturated heterocycles. The summed E-state index contributed by atoms with van der Waals surface area (Å²) in [7, 11) is 1.90. The molecule has 94 valence electrons. The van der Waals surface area contributed by atoms with E-state index in [0.29, 0.717) is 6.54 Å². The Morgan fingerprint density at radius 2 is 1.88 bits per heavy atom. The molecule has 4 nitrogen and oxygen atoms in total. The van der Waals surface area contributed by atoms with E-state index in [4.69, 9.17) is 0 Å². The lowest BCUT2D eigenvalue weighted by Crippen LogP contribution is -2.30. The van der Waals surface area contributed by atoms with Crippen molar-refractivity contribution < 1.29 is 9.90 Å². The third-order valence-electron chi connectivity index (χ3n) is 2.74. The second kappa shape index (κ2) is 5.68. The number of benzene rings is 1. The lowest BCUT2D eigenvalue weighted by molar-refractivity contribution is -0.117. The summed E-state index contributed by atoms with van der Waals surface area (Å²) < 4.78 is 0. The highest BCUT2D eigenvalue weighted by Gasteiger charge is 2.10. The number of amides is 1. The van der Waals surface area contributed by atoms with Gasteiger partial charge in [0.05, 0.1) is 6.54 Å². The van der Waals surface area contributed by atoms with E-state index < -0.39 is 0 Å². The molecule has 2 N–H and O–H groups in total. The summed E-state index contributed by atoms with van der Waals surface area (Å²) >= 11 is 0. The maximum Gasteiger partial charge on any atom is 0.238 e. The number of carbonyl (C=O) groups excluding carboxylic acids is 1. The van der Waals surface area contributed by atoms with Crippen molar-refractivity contribution in [3.05, 3.63) is 23.3 Å². The third-order valence-corrected chi connectivity index (χ3v) is 2.74. The predicted octanol–water partition coefficient (Wildman–Crippen LogP) is 1.90. The number of hydrogen-bond acceptors (Lipinski definition) is 3. The number of phenols is 1. The van der Waals surface area contributed by atoms with Crippen molar-refractivity contribution in [2.24, 2.45) is 0 Å². The van der Waals surface area contributed by atoms with Crippen LogP contribution in [0.25, 0.3) is 0 Å². The number of likely N-dealkylation sites (N-methyl/N-ethyl adjacent to an activating group) is 1. The summed E-state index contributed by atoms with van der Waals surface area (Å²) in [6.07, 6.45) is 0. The van der Waals surface area contributed by atoms with Crippen LogP contribution in [0.1, 0.15) is 18.1 Å². The molecule has 0 heterocycles. The summed E-state index contributed by atoms with van der Waals surface area (Å²) in [5.41, 5.74) is 2.53. The number of aryl methyl sites for hydroxylation is 2. The summed E-state index contributed by atoms with van der Waals surface area (Å²) in [6.45, 7) is 6.94. The van der Waals surface area contributed by atoms with Crippen LogP contribution in [0, 0.1) is 13.8 Å². The van der Waals surface area contributed by atoms with E-state index in [-0.39, 0.29) is 11.7 Å². The average Bonchev–Trinajstić information content (AvgIpc) is 2.23. The molecule has 0 fully saturated rings. The first-order valence-corrected chi connectivity index (χ1v) is 5.72.